The Balaban J connectivity index is 1.58. The lowest BCUT2D eigenvalue weighted by Gasteiger charge is -2.31. The highest BCUT2D eigenvalue weighted by molar-refractivity contribution is 6.36. The first-order chi connectivity index (χ1) is 12.0. The molecule has 0 aliphatic carbocycles. The number of likely N-dealkylation sites (tertiary alicyclic amines) is 1. The Kier molecular flexibility index (Phi) is 5.61. The third-order valence-electron chi connectivity index (χ3n) is 4.36. The second-order valence-electron chi connectivity index (χ2n) is 6.05. The molecule has 0 radical (unpaired) electrons. The van der Waals surface area contributed by atoms with Crippen LogP contribution in [-0.2, 0) is 4.79 Å². The summed E-state index contributed by atoms with van der Waals surface area (Å²) in [4.78, 5) is 26.7. The summed E-state index contributed by atoms with van der Waals surface area (Å²) in [5.74, 6) is -0.212. The zero-order valence-corrected chi connectivity index (χ0v) is 15.1. The van der Waals surface area contributed by atoms with Crippen molar-refractivity contribution in [2.24, 2.45) is 5.92 Å². The molecule has 1 aliphatic rings. The number of piperidine rings is 1. The van der Waals surface area contributed by atoms with Gasteiger partial charge < -0.3 is 10.2 Å². The van der Waals surface area contributed by atoms with Crippen LogP contribution < -0.4 is 5.32 Å². The van der Waals surface area contributed by atoms with Gasteiger partial charge in [-0.3, -0.25) is 9.59 Å². The van der Waals surface area contributed by atoms with E-state index >= 15 is 0 Å². The van der Waals surface area contributed by atoms with Crippen molar-refractivity contribution in [2.75, 3.05) is 18.4 Å². The van der Waals surface area contributed by atoms with Crippen LogP contribution in [0.2, 0.25) is 10.0 Å². The molecule has 0 saturated carbocycles. The summed E-state index contributed by atoms with van der Waals surface area (Å²) >= 11 is 12.0. The minimum Gasteiger partial charge on any atom is -0.339 e. The maximum atomic E-state index is 12.6. The van der Waals surface area contributed by atoms with E-state index in [4.69, 9.17) is 23.2 Å². The molecule has 1 saturated heterocycles. The van der Waals surface area contributed by atoms with Crippen LogP contribution in [-0.4, -0.2) is 29.8 Å². The van der Waals surface area contributed by atoms with Crippen LogP contribution in [0.15, 0.2) is 48.5 Å². The van der Waals surface area contributed by atoms with Crippen LogP contribution in [0.4, 0.5) is 5.69 Å². The molecule has 0 bridgehead atoms. The van der Waals surface area contributed by atoms with Gasteiger partial charge >= 0.3 is 0 Å². The second-order valence-corrected chi connectivity index (χ2v) is 6.89. The fourth-order valence-corrected chi connectivity index (χ4v) is 3.43. The molecule has 3 rings (SSSR count). The van der Waals surface area contributed by atoms with E-state index in [1.54, 1.807) is 23.1 Å². The standard InChI is InChI=1S/C19H18Cl2N2O2/c20-14-6-7-16(17(21)12-14)19(25)23-10-8-13(9-11-23)18(24)22-15-4-2-1-3-5-15/h1-7,12-13H,8-11H2,(H,22,24). The Morgan fingerprint density at radius 3 is 2.32 bits per heavy atom. The molecule has 130 valence electrons. The van der Waals surface area contributed by atoms with Gasteiger partial charge in [-0.05, 0) is 43.2 Å². The van der Waals surface area contributed by atoms with E-state index in [2.05, 4.69) is 5.32 Å². The summed E-state index contributed by atoms with van der Waals surface area (Å²) in [6.45, 7) is 1.06. The number of rotatable bonds is 3. The predicted octanol–water partition coefficient (Wildman–Crippen LogP) is 4.48. The van der Waals surface area contributed by atoms with Crippen molar-refractivity contribution in [2.45, 2.75) is 12.8 Å². The van der Waals surface area contributed by atoms with Crippen molar-refractivity contribution in [1.29, 1.82) is 0 Å². The normalized spacial score (nSPS) is 15.0. The van der Waals surface area contributed by atoms with E-state index in [1.807, 2.05) is 30.3 Å². The van der Waals surface area contributed by atoms with Gasteiger partial charge in [-0.1, -0.05) is 41.4 Å². The molecule has 1 aliphatic heterocycles. The Hall–Kier alpha value is -2.04. The summed E-state index contributed by atoms with van der Waals surface area (Å²) in [7, 11) is 0. The molecular weight excluding hydrogens is 359 g/mol. The first kappa shape index (κ1) is 17.8. The Morgan fingerprint density at radius 1 is 1.00 bits per heavy atom. The number of para-hydroxylation sites is 1. The highest BCUT2D eigenvalue weighted by Gasteiger charge is 2.28. The summed E-state index contributed by atoms with van der Waals surface area (Å²) < 4.78 is 0. The van der Waals surface area contributed by atoms with Crippen LogP contribution in [0.25, 0.3) is 0 Å². The van der Waals surface area contributed by atoms with Gasteiger partial charge in [0.15, 0.2) is 0 Å². The molecule has 0 aromatic heterocycles. The van der Waals surface area contributed by atoms with Gasteiger partial charge in [0, 0.05) is 29.7 Å². The smallest absolute Gasteiger partial charge is 0.255 e. The van der Waals surface area contributed by atoms with E-state index in [-0.39, 0.29) is 17.7 Å². The molecule has 1 fully saturated rings. The van der Waals surface area contributed by atoms with Crippen molar-refractivity contribution >= 4 is 40.7 Å². The lowest BCUT2D eigenvalue weighted by atomic mass is 9.95. The molecule has 0 unspecified atom stereocenters. The van der Waals surface area contributed by atoms with Crippen LogP contribution in [0, 0.1) is 5.92 Å². The Bertz CT molecular complexity index is 772. The van der Waals surface area contributed by atoms with Gasteiger partial charge in [0.05, 0.1) is 10.6 Å². The zero-order valence-electron chi connectivity index (χ0n) is 13.5. The van der Waals surface area contributed by atoms with Gasteiger partial charge in [0.25, 0.3) is 5.91 Å². The lowest BCUT2D eigenvalue weighted by molar-refractivity contribution is -0.121. The number of carbonyl (C=O) groups excluding carboxylic acids is 2. The van der Waals surface area contributed by atoms with Crippen LogP contribution in [0.3, 0.4) is 0 Å². The third kappa shape index (κ3) is 4.33. The van der Waals surface area contributed by atoms with E-state index in [9.17, 15) is 9.59 Å². The van der Waals surface area contributed by atoms with Crippen LogP contribution in [0.5, 0.6) is 0 Å². The zero-order chi connectivity index (χ0) is 17.8. The maximum Gasteiger partial charge on any atom is 0.255 e. The largest absolute Gasteiger partial charge is 0.339 e. The summed E-state index contributed by atoms with van der Waals surface area (Å²) in [6.07, 6.45) is 1.27. The molecule has 1 N–H and O–H groups in total. The molecule has 2 aromatic rings. The molecule has 2 amide bonds. The van der Waals surface area contributed by atoms with Gasteiger partial charge in [-0.15, -0.1) is 0 Å². The number of carbonyl (C=O) groups is 2. The van der Waals surface area contributed by atoms with E-state index < -0.39 is 0 Å². The van der Waals surface area contributed by atoms with E-state index in [0.717, 1.165) is 5.69 Å². The number of nitrogens with one attached hydrogen (secondary N) is 1. The molecule has 6 heteroatoms. The predicted molar refractivity (Wildman–Crippen MR) is 100 cm³/mol. The summed E-state index contributed by atoms with van der Waals surface area (Å²) in [5, 5.41) is 3.77. The summed E-state index contributed by atoms with van der Waals surface area (Å²) in [6, 6.07) is 14.2. The van der Waals surface area contributed by atoms with Crippen molar-refractivity contribution in [3.05, 3.63) is 64.1 Å². The average molecular weight is 377 g/mol. The molecule has 4 nitrogen and oxygen atoms in total. The fourth-order valence-electron chi connectivity index (χ4n) is 2.94. The number of amides is 2. The Morgan fingerprint density at radius 2 is 1.68 bits per heavy atom. The minimum absolute atomic E-state index is 0.00262. The van der Waals surface area contributed by atoms with Gasteiger partial charge in [-0.2, -0.15) is 0 Å². The Labute approximate surface area is 156 Å². The van der Waals surface area contributed by atoms with Crippen molar-refractivity contribution < 1.29 is 9.59 Å². The first-order valence-electron chi connectivity index (χ1n) is 8.15. The molecule has 0 atom stereocenters. The molecule has 2 aromatic carbocycles. The topological polar surface area (TPSA) is 49.4 Å². The molecule has 0 spiro atoms. The molecular formula is C19H18Cl2N2O2. The van der Waals surface area contributed by atoms with Crippen LogP contribution in [0.1, 0.15) is 23.2 Å². The van der Waals surface area contributed by atoms with Crippen molar-refractivity contribution in [1.82, 2.24) is 4.90 Å². The number of anilines is 1. The minimum atomic E-state index is -0.122. The maximum absolute atomic E-state index is 12.6. The number of hydrogen-bond donors (Lipinski definition) is 1. The van der Waals surface area contributed by atoms with Gasteiger partial charge in [0.2, 0.25) is 5.91 Å². The average Bonchev–Trinajstić information content (AvgIpc) is 2.62. The monoisotopic (exact) mass is 376 g/mol. The second kappa shape index (κ2) is 7.89. The van der Waals surface area contributed by atoms with E-state index in [0.29, 0.717) is 41.5 Å². The quantitative estimate of drug-likeness (QED) is 0.857. The summed E-state index contributed by atoms with van der Waals surface area (Å²) in [5.41, 5.74) is 1.23. The van der Waals surface area contributed by atoms with E-state index in [1.165, 1.54) is 0 Å². The van der Waals surface area contributed by atoms with Gasteiger partial charge in [-0.25, -0.2) is 0 Å². The van der Waals surface area contributed by atoms with Crippen LogP contribution >= 0.6 is 23.2 Å². The fraction of sp³-hybridized carbons (Fsp3) is 0.263. The number of nitrogens with zero attached hydrogens (tertiary/aromatic N) is 1. The highest BCUT2D eigenvalue weighted by atomic mass is 35.5. The van der Waals surface area contributed by atoms with Crippen molar-refractivity contribution in [3.8, 4) is 0 Å². The molecule has 1 heterocycles. The SMILES string of the molecule is O=C(Nc1ccccc1)C1CCN(C(=O)c2ccc(Cl)cc2Cl)CC1. The van der Waals surface area contributed by atoms with Crippen molar-refractivity contribution in [3.63, 3.8) is 0 Å². The lowest BCUT2D eigenvalue weighted by Crippen LogP contribution is -2.41. The number of hydrogen-bond acceptors (Lipinski definition) is 2. The third-order valence-corrected chi connectivity index (χ3v) is 4.90. The van der Waals surface area contributed by atoms with Gasteiger partial charge in [0.1, 0.15) is 0 Å². The number of benzene rings is 2. The first-order valence-corrected chi connectivity index (χ1v) is 8.90. The highest BCUT2D eigenvalue weighted by Crippen LogP contribution is 2.25. The number of halogens is 2. The molecule has 25 heavy (non-hydrogen) atoms.